The molecule has 0 aliphatic carbocycles. The molecule has 0 radical (unpaired) electrons. The van der Waals surface area contributed by atoms with Gasteiger partial charge in [0.25, 0.3) is 0 Å². The summed E-state index contributed by atoms with van der Waals surface area (Å²) in [6.45, 7) is 4.17. The Morgan fingerprint density at radius 3 is 2.69 bits per heavy atom. The molecule has 1 atom stereocenters. The van der Waals surface area contributed by atoms with Crippen LogP contribution in [-0.4, -0.2) is 59.3 Å². The highest BCUT2D eigenvalue weighted by Crippen LogP contribution is 2.36. The number of hydrogen-bond donors (Lipinski definition) is 1. The third-order valence-electron chi connectivity index (χ3n) is 4.95. The van der Waals surface area contributed by atoms with Crippen LogP contribution >= 0.6 is 11.8 Å². The Morgan fingerprint density at radius 1 is 1.12 bits per heavy atom. The number of anilines is 1. The third-order valence-corrected chi connectivity index (χ3v) is 6.20. The van der Waals surface area contributed by atoms with E-state index in [1.807, 2.05) is 17.8 Å². The van der Waals surface area contributed by atoms with Crippen molar-refractivity contribution in [2.24, 2.45) is 10.7 Å². The number of nitrogens with two attached hydrogens (primary N) is 1. The fraction of sp³-hybridized carbons (Fsp3) is 0.421. The topological polar surface area (TPSA) is 70.6 Å². The lowest BCUT2D eigenvalue weighted by molar-refractivity contribution is 0.378. The number of nitrogens with zero attached hydrogens (tertiary/aromatic N) is 5. The zero-order chi connectivity index (χ0) is 17.8. The molecule has 1 unspecified atom stereocenters. The Morgan fingerprint density at radius 2 is 1.88 bits per heavy atom. The van der Waals surface area contributed by atoms with Crippen LogP contribution in [-0.2, 0) is 6.42 Å². The highest BCUT2D eigenvalue weighted by Gasteiger charge is 2.22. The van der Waals surface area contributed by atoms with Gasteiger partial charge in [0.2, 0.25) is 5.95 Å². The Bertz CT molecular complexity index is 758. The molecule has 2 aliphatic heterocycles. The fourth-order valence-corrected chi connectivity index (χ4v) is 4.71. The highest BCUT2D eigenvalue weighted by molar-refractivity contribution is 7.99. The Balaban J connectivity index is 1.35. The van der Waals surface area contributed by atoms with Gasteiger partial charge in [-0.15, -0.1) is 0 Å². The number of aliphatic imine (C=N–C) groups is 1. The summed E-state index contributed by atoms with van der Waals surface area (Å²) < 4.78 is 0. The van der Waals surface area contributed by atoms with Crippen molar-refractivity contribution in [2.75, 3.05) is 43.4 Å². The minimum Gasteiger partial charge on any atom is -0.370 e. The van der Waals surface area contributed by atoms with Gasteiger partial charge in [0.1, 0.15) is 0 Å². The summed E-state index contributed by atoms with van der Waals surface area (Å²) in [4.78, 5) is 17.7. The van der Waals surface area contributed by atoms with Gasteiger partial charge in [0.15, 0.2) is 5.96 Å². The van der Waals surface area contributed by atoms with Crippen LogP contribution in [0.4, 0.5) is 5.95 Å². The zero-order valence-corrected chi connectivity index (χ0v) is 15.6. The Hall–Kier alpha value is -2.28. The average molecular weight is 369 g/mol. The van der Waals surface area contributed by atoms with Crippen LogP contribution < -0.4 is 10.6 Å². The Kier molecular flexibility index (Phi) is 5.24. The number of thioether (sulfide) groups is 1. The molecule has 2 aromatic rings. The summed E-state index contributed by atoms with van der Waals surface area (Å²) in [6.07, 6.45) is 4.72. The van der Waals surface area contributed by atoms with Crippen LogP contribution in [0.25, 0.3) is 0 Å². The van der Waals surface area contributed by atoms with Crippen molar-refractivity contribution < 1.29 is 0 Å². The predicted molar refractivity (Wildman–Crippen MR) is 108 cm³/mol. The van der Waals surface area contributed by atoms with Crippen molar-refractivity contribution in [3.05, 3.63) is 53.9 Å². The number of aromatic nitrogens is 2. The smallest absolute Gasteiger partial charge is 0.225 e. The van der Waals surface area contributed by atoms with Gasteiger partial charge in [-0.1, -0.05) is 24.3 Å². The summed E-state index contributed by atoms with van der Waals surface area (Å²) >= 11 is 1.99. The molecule has 1 fully saturated rings. The van der Waals surface area contributed by atoms with E-state index in [0.29, 0.717) is 11.2 Å². The highest BCUT2D eigenvalue weighted by atomic mass is 32.2. The van der Waals surface area contributed by atoms with E-state index in [9.17, 15) is 0 Å². The number of aryl methyl sites for hydroxylation is 1. The van der Waals surface area contributed by atoms with E-state index in [1.165, 1.54) is 11.1 Å². The molecule has 0 amide bonds. The van der Waals surface area contributed by atoms with Gasteiger partial charge in [0.05, 0.1) is 6.54 Å². The van der Waals surface area contributed by atoms with Crippen molar-refractivity contribution in [1.82, 2.24) is 14.9 Å². The number of benzene rings is 1. The van der Waals surface area contributed by atoms with Crippen LogP contribution in [0.15, 0.2) is 47.7 Å². The molecule has 1 aromatic heterocycles. The van der Waals surface area contributed by atoms with Gasteiger partial charge in [-0.05, 0) is 29.4 Å². The van der Waals surface area contributed by atoms with Crippen LogP contribution in [0, 0.1) is 0 Å². The fourth-order valence-electron chi connectivity index (χ4n) is 3.49. The maximum atomic E-state index is 6.29. The second-order valence-corrected chi connectivity index (χ2v) is 7.84. The van der Waals surface area contributed by atoms with Gasteiger partial charge in [-0.3, -0.25) is 4.99 Å². The molecule has 3 heterocycles. The molecule has 0 saturated carbocycles. The first-order chi connectivity index (χ1) is 12.8. The molecule has 26 heavy (non-hydrogen) atoms. The molecule has 1 saturated heterocycles. The maximum Gasteiger partial charge on any atom is 0.225 e. The van der Waals surface area contributed by atoms with Gasteiger partial charge < -0.3 is 15.5 Å². The van der Waals surface area contributed by atoms with Crippen LogP contribution in [0.3, 0.4) is 0 Å². The molecule has 4 rings (SSSR count). The number of hydrogen-bond acceptors (Lipinski definition) is 5. The lowest BCUT2D eigenvalue weighted by atomic mass is 10.0. The van der Waals surface area contributed by atoms with Crippen molar-refractivity contribution >= 4 is 23.7 Å². The van der Waals surface area contributed by atoms with Gasteiger partial charge in [-0.25, -0.2) is 9.97 Å². The van der Waals surface area contributed by atoms with Gasteiger partial charge in [-0.2, -0.15) is 11.8 Å². The molecular formula is C19H24N6S. The molecule has 136 valence electrons. The van der Waals surface area contributed by atoms with E-state index >= 15 is 0 Å². The van der Waals surface area contributed by atoms with E-state index in [1.54, 1.807) is 12.4 Å². The summed E-state index contributed by atoms with van der Waals surface area (Å²) in [5.74, 6) is 2.60. The Labute approximate surface area is 158 Å². The third kappa shape index (κ3) is 3.77. The molecule has 1 aromatic carbocycles. The van der Waals surface area contributed by atoms with Crippen LogP contribution in [0.1, 0.15) is 16.4 Å². The molecular weight excluding hydrogens is 344 g/mol. The maximum absolute atomic E-state index is 6.29. The molecule has 6 nitrogen and oxygen atoms in total. The minimum absolute atomic E-state index is 0.414. The van der Waals surface area contributed by atoms with E-state index in [0.717, 1.165) is 50.8 Å². The van der Waals surface area contributed by atoms with Crippen LogP contribution in [0.2, 0.25) is 0 Å². The van der Waals surface area contributed by atoms with Gasteiger partial charge in [0, 0.05) is 43.8 Å². The number of guanidine groups is 1. The summed E-state index contributed by atoms with van der Waals surface area (Å²) in [5, 5.41) is 0.414. The zero-order valence-electron chi connectivity index (χ0n) is 14.8. The van der Waals surface area contributed by atoms with E-state index in [2.05, 4.69) is 44.0 Å². The largest absolute Gasteiger partial charge is 0.370 e. The standard InChI is InChI=1S/C19H24N6S/c20-18(23-14-17-16-5-2-1-4-15(16)6-13-26-17)24-9-11-25(12-10-24)19-21-7-3-8-22-19/h1-5,7-8,17H,6,9-14H2,(H2,20,23). The van der Waals surface area contributed by atoms with Crippen LogP contribution in [0.5, 0.6) is 0 Å². The van der Waals surface area contributed by atoms with E-state index in [-0.39, 0.29) is 0 Å². The predicted octanol–water partition coefficient (Wildman–Crippen LogP) is 1.94. The van der Waals surface area contributed by atoms with E-state index < -0.39 is 0 Å². The first-order valence-electron chi connectivity index (χ1n) is 9.07. The van der Waals surface area contributed by atoms with Crippen molar-refractivity contribution in [2.45, 2.75) is 11.7 Å². The second kappa shape index (κ2) is 7.95. The van der Waals surface area contributed by atoms with Crippen molar-refractivity contribution in [3.63, 3.8) is 0 Å². The van der Waals surface area contributed by atoms with E-state index in [4.69, 9.17) is 10.7 Å². The minimum atomic E-state index is 0.414. The lowest BCUT2D eigenvalue weighted by Crippen LogP contribution is -2.51. The quantitative estimate of drug-likeness (QED) is 0.660. The molecule has 2 aliphatic rings. The summed E-state index contributed by atoms with van der Waals surface area (Å²) in [6, 6.07) is 10.6. The van der Waals surface area contributed by atoms with Gasteiger partial charge >= 0.3 is 0 Å². The lowest BCUT2D eigenvalue weighted by Gasteiger charge is -2.35. The SMILES string of the molecule is NC(=NCC1SCCc2ccccc21)N1CCN(c2ncccn2)CC1. The number of fused-ring (bicyclic) bond motifs is 1. The first kappa shape index (κ1) is 17.1. The molecule has 2 N–H and O–H groups in total. The summed E-state index contributed by atoms with van der Waals surface area (Å²) in [5.41, 5.74) is 9.17. The molecule has 7 heteroatoms. The molecule has 0 spiro atoms. The monoisotopic (exact) mass is 368 g/mol. The first-order valence-corrected chi connectivity index (χ1v) is 10.1. The van der Waals surface area contributed by atoms with Crippen molar-refractivity contribution in [3.8, 4) is 0 Å². The molecule has 0 bridgehead atoms. The normalized spacial score (nSPS) is 20.8. The summed E-state index contributed by atoms with van der Waals surface area (Å²) in [7, 11) is 0. The number of piperazine rings is 1. The number of rotatable bonds is 3. The second-order valence-electron chi connectivity index (χ2n) is 6.53. The van der Waals surface area contributed by atoms with Crippen molar-refractivity contribution in [1.29, 1.82) is 0 Å². The average Bonchev–Trinajstić information content (AvgIpc) is 2.73.